The minimum atomic E-state index is -4.41. The Kier molecular flexibility index (Phi) is 6.04. The quantitative estimate of drug-likeness (QED) is 0.874. The van der Waals surface area contributed by atoms with Crippen LogP contribution >= 0.6 is 0 Å². The number of rotatable bonds is 4. The van der Waals surface area contributed by atoms with Crippen LogP contribution in [-0.4, -0.2) is 22.8 Å². The minimum absolute atomic E-state index is 0.157. The summed E-state index contributed by atoms with van der Waals surface area (Å²) in [7, 11) is 0. The van der Waals surface area contributed by atoms with Gasteiger partial charge in [-0.05, 0) is 51.8 Å². The molecular weight excluding hydrogens is 311 g/mol. The number of hydrogen-bond acceptors (Lipinski definition) is 3. The molecule has 0 spiro atoms. The summed E-state index contributed by atoms with van der Waals surface area (Å²) in [4.78, 5) is 11.6. The number of alkyl halides is 3. The summed E-state index contributed by atoms with van der Waals surface area (Å²) in [5.41, 5.74) is -1.04. The Bertz CT molecular complexity index is 521. The van der Waals surface area contributed by atoms with Crippen molar-refractivity contribution in [3.63, 3.8) is 0 Å². The minimum Gasteiger partial charge on any atom is -0.444 e. The van der Waals surface area contributed by atoms with E-state index in [2.05, 4.69) is 5.32 Å². The van der Waals surface area contributed by atoms with Crippen molar-refractivity contribution in [1.82, 2.24) is 5.32 Å². The van der Waals surface area contributed by atoms with Crippen molar-refractivity contribution in [1.29, 1.82) is 0 Å². The largest absolute Gasteiger partial charge is 0.444 e. The van der Waals surface area contributed by atoms with Crippen LogP contribution in [0.15, 0.2) is 24.3 Å². The van der Waals surface area contributed by atoms with Gasteiger partial charge in [-0.25, -0.2) is 4.79 Å². The maximum absolute atomic E-state index is 12.5. The van der Waals surface area contributed by atoms with Gasteiger partial charge in [0.15, 0.2) is 0 Å². The summed E-state index contributed by atoms with van der Waals surface area (Å²) in [5, 5.41) is 12.6. The third-order valence-corrected chi connectivity index (χ3v) is 2.96. The number of carbonyl (C=O) groups excluding carboxylic acids is 1. The molecule has 0 aliphatic heterocycles. The van der Waals surface area contributed by atoms with Gasteiger partial charge < -0.3 is 15.2 Å². The predicted octanol–water partition coefficient (Wildman–Crippen LogP) is 4.04. The van der Waals surface area contributed by atoms with E-state index in [4.69, 9.17) is 4.74 Å². The van der Waals surface area contributed by atoms with Crippen LogP contribution in [0.1, 0.15) is 51.3 Å². The molecule has 2 unspecified atom stereocenters. The van der Waals surface area contributed by atoms with E-state index in [1.807, 2.05) is 0 Å². The molecule has 0 saturated carbocycles. The number of nitrogens with one attached hydrogen (secondary N) is 1. The smallest absolute Gasteiger partial charge is 0.416 e. The molecule has 0 aromatic heterocycles. The molecule has 0 saturated heterocycles. The lowest BCUT2D eigenvalue weighted by molar-refractivity contribution is -0.137. The maximum Gasteiger partial charge on any atom is 0.416 e. The SMILES string of the molecule is CC(CC(O)c1ccc(C(F)(F)F)cc1)NC(=O)OC(C)(C)C. The van der Waals surface area contributed by atoms with Crippen LogP contribution in [0.4, 0.5) is 18.0 Å². The number of benzene rings is 1. The summed E-state index contributed by atoms with van der Waals surface area (Å²) in [6.07, 6.45) is -5.84. The fourth-order valence-electron chi connectivity index (χ4n) is 1.93. The van der Waals surface area contributed by atoms with Gasteiger partial charge in [0.05, 0.1) is 11.7 Å². The summed E-state index contributed by atoms with van der Waals surface area (Å²) < 4.78 is 42.5. The van der Waals surface area contributed by atoms with E-state index in [1.165, 1.54) is 12.1 Å². The number of amides is 1. The van der Waals surface area contributed by atoms with Crippen molar-refractivity contribution >= 4 is 6.09 Å². The molecular formula is C16H22F3NO3. The molecule has 1 aromatic rings. The number of carbonyl (C=O) groups is 1. The lowest BCUT2D eigenvalue weighted by Crippen LogP contribution is -2.38. The highest BCUT2D eigenvalue weighted by Crippen LogP contribution is 2.30. The number of ether oxygens (including phenoxy) is 1. The standard InChI is InChI=1S/C16H22F3NO3/c1-10(20-14(22)23-15(2,3)4)9-13(21)11-5-7-12(8-6-11)16(17,18)19/h5-8,10,13,21H,9H2,1-4H3,(H,20,22). The lowest BCUT2D eigenvalue weighted by Gasteiger charge is -2.23. The average molecular weight is 333 g/mol. The molecule has 23 heavy (non-hydrogen) atoms. The van der Waals surface area contributed by atoms with Crippen molar-refractivity contribution in [2.75, 3.05) is 0 Å². The number of alkyl carbamates (subject to hydrolysis) is 1. The van der Waals surface area contributed by atoms with Crippen molar-refractivity contribution in [3.8, 4) is 0 Å². The molecule has 0 bridgehead atoms. The van der Waals surface area contributed by atoms with Crippen LogP contribution < -0.4 is 5.32 Å². The number of hydrogen-bond donors (Lipinski definition) is 2. The zero-order valence-corrected chi connectivity index (χ0v) is 13.6. The number of halogens is 3. The van der Waals surface area contributed by atoms with E-state index in [0.717, 1.165) is 12.1 Å². The van der Waals surface area contributed by atoms with Gasteiger partial charge in [0.1, 0.15) is 5.60 Å². The van der Waals surface area contributed by atoms with Crippen molar-refractivity contribution in [2.45, 2.75) is 58.0 Å². The summed E-state index contributed by atoms with van der Waals surface area (Å²) in [5.74, 6) is 0. The van der Waals surface area contributed by atoms with E-state index in [9.17, 15) is 23.1 Å². The first kappa shape index (κ1) is 19.3. The van der Waals surface area contributed by atoms with Gasteiger partial charge in [0.25, 0.3) is 0 Å². The van der Waals surface area contributed by atoms with Gasteiger partial charge in [0, 0.05) is 6.04 Å². The monoisotopic (exact) mass is 333 g/mol. The Morgan fingerprint density at radius 2 is 1.74 bits per heavy atom. The van der Waals surface area contributed by atoms with Gasteiger partial charge in [0.2, 0.25) is 0 Å². The molecule has 2 atom stereocenters. The van der Waals surface area contributed by atoms with Crippen molar-refractivity contribution in [3.05, 3.63) is 35.4 Å². The topological polar surface area (TPSA) is 58.6 Å². The van der Waals surface area contributed by atoms with E-state index in [0.29, 0.717) is 5.56 Å². The molecule has 0 heterocycles. The number of aliphatic hydroxyl groups is 1. The van der Waals surface area contributed by atoms with Gasteiger partial charge in [-0.15, -0.1) is 0 Å². The first-order valence-electron chi connectivity index (χ1n) is 7.23. The van der Waals surface area contributed by atoms with E-state index in [1.54, 1.807) is 27.7 Å². The molecule has 1 aromatic carbocycles. The fraction of sp³-hybridized carbons (Fsp3) is 0.562. The molecule has 7 heteroatoms. The molecule has 0 radical (unpaired) electrons. The van der Waals surface area contributed by atoms with Crippen LogP contribution in [0.25, 0.3) is 0 Å². The van der Waals surface area contributed by atoms with Crippen LogP contribution in [0.2, 0.25) is 0 Å². The molecule has 0 aliphatic carbocycles. The lowest BCUT2D eigenvalue weighted by atomic mass is 10.0. The first-order chi connectivity index (χ1) is 10.4. The predicted molar refractivity (Wildman–Crippen MR) is 79.9 cm³/mol. The van der Waals surface area contributed by atoms with Crippen molar-refractivity contribution < 1.29 is 27.8 Å². The first-order valence-corrected chi connectivity index (χ1v) is 7.23. The third kappa shape index (κ3) is 6.90. The summed E-state index contributed by atoms with van der Waals surface area (Å²) in [6.45, 7) is 6.87. The van der Waals surface area contributed by atoms with Crippen molar-refractivity contribution in [2.24, 2.45) is 0 Å². The molecule has 130 valence electrons. The van der Waals surface area contributed by atoms with E-state index >= 15 is 0 Å². The normalized spacial score (nSPS) is 15.0. The van der Waals surface area contributed by atoms with Gasteiger partial charge >= 0.3 is 12.3 Å². The van der Waals surface area contributed by atoms with Crippen LogP contribution in [-0.2, 0) is 10.9 Å². The van der Waals surface area contributed by atoms with Gasteiger partial charge in [-0.2, -0.15) is 13.2 Å². The maximum atomic E-state index is 12.5. The molecule has 1 rings (SSSR count). The van der Waals surface area contributed by atoms with E-state index in [-0.39, 0.29) is 6.42 Å². The second-order valence-electron chi connectivity index (χ2n) is 6.42. The van der Waals surface area contributed by atoms with Gasteiger partial charge in [-0.1, -0.05) is 12.1 Å². The highest BCUT2D eigenvalue weighted by Gasteiger charge is 2.30. The number of aliphatic hydroxyl groups excluding tert-OH is 1. The molecule has 4 nitrogen and oxygen atoms in total. The zero-order valence-electron chi connectivity index (χ0n) is 13.6. The summed E-state index contributed by atoms with van der Waals surface area (Å²) >= 11 is 0. The Balaban J connectivity index is 2.58. The van der Waals surface area contributed by atoms with Crippen LogP contribution in [0.5, 0.6) is 0 Å². The molecule has 0 fully saturated rings. The van der Waals surface area contributed by atoms with E-state index < -0.39 is 35.6 Å². The second kappa shape index (κ2) is 7.21. The Morgan fingerprint density at radius 1 is 1.22 bits per heavy atom. The highest BCUT2D eigenvalue weighted by atomic mass is 19.4. The van der Waals surface area contributed by atoms with Crippen LogP contribution in [0.3, 0.4) is 0 Å². The Hall–Kier alpha value is -1.76. The molecule has 2 N–H and O–H groups in total. The molecule has 1 amide bonds. The molecule has 0 aliphatic rings. The highest BCUT2D eigenvalue weighted by molar-refractivity contribution is 5.68. The zero-order chi connectivity index (χ0) is 17.8. The van der Waals surface area contributed by atoms with Gasteiger partial charge in [-0.3, -0.25) is 0 Å². The average Bonchev–Trinajstić information content (AvgIpc) is 2.35. The Morgan fingerprint density at radius 3 is 2.17 bits per heavy atom. The second-order valence-corrected chi connectivity index (χ2v) is 6.42. The summed E-state index contributed by atoms with van der Waals surface area (Å²) in [6, 6.07) is 3.90. The third-order valence-electron chi connectivity index (χ3n) is 2.96. The Labute approximate surface area is 133 Å². The fourth-order valence-corrected chi connectivity index (χ4v) is 1.93. The van der Waals surface area contributed by atoms with Crippen LogP contribution in [0, 0.1) is 0 Å².